The molecular weight excluding hydrogens is 274 g/mol. The van der Waals surface area contributed by atoms with Crippen molar-refractivity contribution >= 4 is 24.2 Å². The van der Waals surface area contributed by atoms with Crippen molar-refractivity contribution in [2.75, 3.05) is 13.1 Å². The summed E-state index contributed by atoms with van der Waals surface area (Å²) in [6.45, 7) is 10.1. The second-order valence-corrected chi connectivity index (χ2v) is 6.92. The van der Waals surface area contributed by atoms with Gasteiger partial charge in [0, 0.05) is 30.2 Å². The Labute approximate surface area is 125 Å². The van der Waals surface area contributed by atoms with Crippen LogP contribution in [-0.4, -0.2) is 36.4 Å². The first-order valence-corrected chi connectivity index (χ1v) is 7.41. The number of halogens is 1. The van der Waals surface area contributed by atoms with Crippen molar-refractivity contribution in [3.05, 3.63) is 23.0 Å². The number of rotatable bonds is 2. The minimum absolute atomic E-state index is 0.364. The standard InChI is InChI=1S/C14H20BClN2O2/c1-13(2)14(3,4)20-15(19-13)10-5-6-11(18-12(10)16)9-7-17-8-9/h5-6,9,17H,7-8H2,1-4H3. The molecule has 0 aliphatic carbocycles. The fourth-order valence-corrected chi connectivity index (χ4v) is 2.58. The lowest BCUT2D eigenvalue weighted by Crippen LogP contribution is -2.41. The summed E-state index contributed by atoms with van der Waals surface area (Å²) in [7, 11) is -0.450. The van der Waals surface area contributed by atoms with Gasteiger partial charge in [-0.05, 0) is 33.8 Å². The van der Waals surface area contributed by atoms with Crippen LogP contribution in [0.5, 0.6) is 0 Å². The molecule has 1 aromatic heterocycles. The van der Waals surface area contributed by atoms with E-state index in [1.54, 1.807) is 0 Å². The van der Waals surface area contributed by atoms with E-state index in [1.807, 2.05) is 39.8 Å². The summed E-state index contributed by atoms with van der Waals surface area (Å²) in [5.41, 5.74) is 1.12. The predicted octanol–water partition coefficient (Wildman–Crippen LogP) is 1.72. The Bertz CT molecular complexity index is 516. The molecule has 6 heteroatoms. The average Bonchev–Trinajstić information content (AvgIpc) is 2.45. The zero-order valence-corrected chi connectivity index (χ0v) is 13.1. The topological polar surface area (TPSA) is 43.4 Å². The molecule has 0 bridgehead atoms. The fraction of sp³-hybridized carbons (Fsp3) is 0.643. The number of aromatic nitrogens is 1. The van der Waals surface area contributed by atoms with Gasteiger partial charge in [0.2, 0.25) is 0 Å². The molecule has 0 amide bonds. The Morgan fingerprint density at radius 3 is 2.25 bits per heavy atom. The maximum Gasteiger partial charge on any atom is 0.498 e. The molecule has 0 aromatic carbocycles. The molecule has 2 aliphatic rings. The quantitative estimate of drug-likeness (QED) is 0.666. The van der Waals surface area contributed by atoms with E-state index < -0.39 is 7.12 Å². The van der Waals surface area contributed by atoms with Gasteiger partial charge in [0.25, 0.3) is 0 Å². The lowest BCUT2D eigenvalue weighted by molar-refractivity contribution is 0.00578. The van der Waals surface area contributed by atoms with Crippen LogP contribution in [0.3, 0.4) is 0 Å². The summed E-state index contributed by atoms with van der Waals surface area (Å²) < 4.78 is 12.0. The van der Waals surface area contributed by atoms with Crippen LogP contribution in [0.2, 0.25) is 5.15 Å². The predicted molar refractivity (Wildman–Crippen MR) is 80.6 cm³/mol. The van der Waals surface area contributed by atoms with Gasteiger partial charge in [0.1, 0.15) is 5.15 Å². The van der Waals surface area contributed by atoms with Gasteiger partial charge in [0.05, 0.1) is 11.2 Å². The molecule has 3 rings (SSSR count). The van der Waals surface area contributed by atoms with E-state index in [4.69, 9.17) is 20.9 Å². The molecule has 4 nitrogen and oxygen atoms in total. The molecular formula is C14H20BClN2O2. The molecule has 1 N–H and O–H groups in total. The third-order valence-corrected chi connectivity index (χ3v) is 4.91. The van der Waals surface area contributed by atoms with E-state index in [-0.39, 0.29) is 11.2 Å². The van der Waals surface area contributed by atoms with Crippen LogP contribution in [0, 0.1) is 0 Å². The summed E-state index contributed by atoms with van der Waals surface area (Å²) in [5.74, 6) is 0.472. The summed E-state index contributed by atoms with van der Waals surface area (Å²) in [6.07, 6.45) is 0. The summed E-state index contributed by atoms with van der Waals surface area (Å²) in [6, 6.07) is 4.00. The average molecular weight is 295 g/mol. The highest BCUT2D eigenvalue weighted by molar-refractivity contribution is 6.65. The van der Waals surface area contributed by atoms with Gasteiger partial charge < -0.3 is 14.6 Å². The normalized spacial score (nSPS) is 24.8. The number of pyridine rings is 1. The van der Waals surface area contributed by atoms with E-state index >= 15 is 0 Å². The van der Waals surface area contributed by atoms with Crippen molar-refractivity contribution in [3.63, 3.8) is 0 Å². The van der Waals surface area contributed by atoms with Crippen molar-refractivity contribution < 1.29 is 9.31 Å². The molecule has 108 valence electrons. The maximum absolute atomic E-state index is 6.33. The van der Waals surface area contributed by atoms with Gasteiger partial charge >= 0.3 is 7.12 Å². The zero-order valence-electron chi connectivity index (χ0n) is 12.4. The van der Waals surface area contributed by atoms with Crippen LogP contribution in [0.4, 0.5) is 0 Å². The Balaban J connectivity index is 1.85. The van der Waals surface area contributed by atoms with Crippen LogP contribution in [0.25, 0.3) is 0 Å². The smallest absolute Gasteiger partial charge is 0.399 e. The van der Waals surface area contributed by atoms with Crippen LogP contribution in [0.15, 0.2) is 12.1 Å². The van der Waals surface area contributed by atoms with Gasteiger partial charge in [-0.25, -0.2) is 4.98 Å². The summed E-state index contributed by atoms with van der Waals surface area (Å²) in [5, 5.41) is 3.72. The van der Waals surface area contributed by atoms with E-state index in [0.717, 1.165) is 24.2 Å². The Morgan fingerprint density at radius 2 is 1.80 bits per heavy atom. The largest absolute Gasteiger partial charge is 0.498 e. The first-order valence-electron chi connectivity index (χ1n) is 7.03. The highest BCUT2D eigenvalue weighted by Gasteiger charge is 2.52. The van der Waals surface area contributed by atoms with Gasteiger partial charge in [-0.1, -0.05) is 17.7 Å². The van der Waals surface area contributed by atoms with Crippen molar-refractivity contribution in [1.29, 1.82) is 0 Å². The van der Waals surface area contributed by atoms with Crippen molar-refractivity contribution in [1.82, 2.24) is 10.3 Å². The van der Waals surface area contributed by atoms with Crippen LogP contribution >= 0.6 is 11.6 Å². The fourth-order valence-electron chi connectivity index (χ4n) is 2.33. The molecule has 0 atom stereocenters. The molecule has 0 saturated carbocycles. The van der Waals surface area contributed by atoms with E-state index in [1.165, 1.54) is 0 Å². The zero-order chi connectivity index (χ0) is 14.5. The van der Waals surface area contributed by atoms with Crippen LogP contribution < -0.4 is 10.8 Å². The summed E-state index contributed by atoms with van der Waals surface area (Å²) >= 11 is 6.33. The monoisotopic (exact) mass is 294 g/mol. The molecule has 2 saturated heterocycles. The minimum Gasteiger partial charge on any atom is -0.399 e. The second-order valence-electron chi connectivity index (χ2n) is 6.56. The SMILES string of the molecule is CC1(C)OB(c2ccc(C3CNC3)nc2Cl)OC1(C)C. The third kappa shape index (κ3) is 2.27. The Kier molecular flexibility index (Phi) is 3.37. The lowest BCUT2D eigenvalue weighted by atomic mass is 9.80. The van der Waals surface area contributed by atoms with E-state index in [9.17, 15) is 0 Å². The van der Waals surface area contributed by atoms with Crippen molar-refractivity contribution in [2.45, 2.75) is 44.8 Å². The summed E-state index contributed by atoms with van der Waals surface area (Å²) in [4.78, 5) is 4.50. The third-order valence-electron chi connectivity index (χ3n) is 4.61. The van der Waals surface area contributed by atoms with Gasteiger partial charge in [-0.2, -0.15) is 0 Å². The highest BCUT2D eigenvalue weighted by atomic mass is 35.5. The number of nitrogens with zero attached hydrogens (tertiary/aromatic N) is 1. The Hall–Kier alpha value is -0.615. The lowest BCUT2D eigenvalue weighted by Gasteiger charge is -2.32. The number of hydrogen-bond donors (Lipinski definition) is 1. The Morgan fingerprint density at radius 1 is 1.20 bits per heavy atom. The van der Waals surface area contributed by atoms with Crippen LogP contribution in [-0.2, 0) is 9.31 Å². The molecule has 0 unspecified atom stereocenters. The number of hydrogen-bond acceptors (Lipinski definition) is 4. The molecule has 2 aliphatic heterocycles. The van der Waals surface area contributed by atoms with E-state index in [2.05, 4.69) is 10.3 Å². The van der Waals surface area contributed by atoms with Gasteiger partial charge in [-0.15, -0.1) is 0 Å². The molecule has 2 fully saturated rings. The molecule has 3 heterocycles. The molecule has 20 heavy (non-hydrogen) atoms. The second kappa shape index (κ2) is 4.70. The maximum atomic E-state index is 6.33. The van der Waals surface area contributed by atoms with Gasteiger partial charge in [0.15, 0.2) is 0 Å². The van der Waals surface area contributed by atoms with Crippen molar-refractivity contribution in [3.8, 4) is 0 Å². The van der Waals surface area contributed by atoms with Crippen LogP contribution in [0.1, 0.15) is 39.3 Å². The first kappa shape index (κ1) is 14.3. The van der Waals surface area contributed by atoms with Gasteiger partial charge in [-0.3, -0.25) is 0 Å². The first-order chi connectivity index (χ1) is 9.30. The highest BCUT2D eigenvalue weighted by Crippen LogP contribution is 2.37. The minimum atomic E-state index is -0.450. The molecule has 1 aromatic rings. The number of nitrogens with one attached hydrogen (secondary N) is 1. The van der Waals surface area contributed by atoms with E-state index in [0.29, 0.717) is 11.1 Å². The molecule has 0 radical (unpaired) electrons. The molecule has 0 spiro atoms. The van der Waals surface area contributed by atoms with Crippen molar-refractivity contribution in [2.24, 2.45) is 0 Å².